The molecule has 0 saturated carbocycles. The van der Waals surface area contributed by atoms with E-state index in [0.29, 0.717) is 6.54 Å². The third-order valence-corrected chi connectivity index (χ3v) is 4.23. The van der Waals surface area contributed by atoms with E-state index in [4.69, 9.17) is 4.74 Å². The van der Waals surface area contributed by atoms with Gasteiger partial charge in [-0.1, -0.05) is 60.7 Å². The minimum absolute atomic E-state index is 0.221. The first-order chi connectivity index (χ1) is 11.3. The predicted molar refractivity (Wildman–Crippen MR) is 91.7 cm³/mol. The molecule has 0 bridgehead atoms. The van der Waals surface area contributed by atoms with Crippen molar-refractivity contribution in [2.75, 3.05) is 20.2 Å². The standard InChI is InChI=1S/C20H21NO2/c1-23-20(22)19-15-21(14-16-8-4-2-5-9-16)13-12-18(19)17-10-6-3-7-11-17/h2-11H,12-15H2,1H3. The Balaban J connectivity index is 1.85. The highest BCUT2D eigenvalue weighted by atomic mass is 16.5. The summed E-state index contributed by atoms with van der Waals surface area (Å²) in [5.74, 6) is -0.221. The van der Waals surface area contributed by atoms with E-state index in [-0.39, 0.29) is 5.97 Å². The molecule has 0 amide bonds. The maximum atomic E-state index is 12.2. The van der Waals surface area contributed by atoms with Crippen molar-refractivity contribution in [3.05, 3.63) is 77.4 Å². The zero-order valence-electron chi connectivity index (χ0n) is 13.4. The van der Waals surface area contributed by atoms with Crippen LogP contribution < -0.4 is 0 Å². The van der Waals surface area contributed by atoms with E-state index >= 15 is 0 Å². The van der Waals surface area contributed by atoms with Crippen molar-refractivity contribution in [2.24, 2.45) is 0 Å². The minimum Gasteiger partial charge on any atom is -0.466 e. The van der Waals surface area contributed by atoms with Gasteiger partial charge in [-0.25, -0.2) is 4.79 Å². The predicted octanol–water partition coefficient (Wildman–Crippen LogP) is 3.52. The summed E-state index contributed by atoms with van der Waals surface area (Å²) < 4.78 is 5.02. The molecule has 0 N–H and O–H groups in total. The van der Waals surface area contributed by atoms with Crippen LogP contribution in [0.3, 0.4) is 0 Å². The van der Waals surface area contributed by atoms with Gasteiger partial charge in [-0.3, -0.25) is 4.90 Å². The van der Waals surface area contributed by atoms with E-state index in [0.717, 1.165) is 36.2 Å². The second kappa shape index (κ2) is 7.25. The van der Waals surface area contributed by atoms with E-state index in [1.165, 1.54) is 12.7 Å². The van der Waals surface area contributed by atoms with Crippen LogP contribution in [0.15, 0.2) is 66.2 Å². The van der Waals surface area contributed by atoms with E-state index in [1.807, 2.05) is 36.4 Å². The van der Waals surface area contributed by atoms with Crippen LogP contribution in [0.2, 0.25) is 0 Å². The molecule has 0 spiro atoms. The number of hydrogen-bond donors (Lipinski definition) is 0. The van der Waals surface area contributed by atoms with Crippen LogP contribution in [0.4, 0.5) is 0 Å². The zero-order chi connectivity index (χ0) is 16.1. The smallest absolute Gasteiger partial charge is 0.335 e. The van der Waals surface area contributed by atoms with Gasteiger partial charge in [0, 0.05) is 19.6 Å². The summed E-state index contributed by atoms with van der Waals surface area (Å²) in [4.78, 5) is 14.5. The quantitative estimate of drug-likeness (QED) is 0.810. The second-order valence-corrected chi connectivity index (χ2v) is 5.76. The van der Waals surface area contributed by atoms with Gasteiger partial charge in [-0.2, -0.15) is 0 Å². The molecule has 3 nitrogen and oxygen atoms in total. The fraction of sp³-hybridized carbons (Fsp3) is 0.250. The number of carbonyl (C=O) groups is 1. The number of esters is 1. The van der Waals surface area contributed by atoms with Crippen LogP contribution in [-0.2, 0) is 16.1 Å². The van der Waals surface area contributed by atoms with Crippen molar-refractivity contribution in [1.29, 1.82) is 0 Å². The summed E-state index contributed by atoms with van der Waals surface area (Å²) in [5, 5.41) is 0. The summed E-state index contributed by atoms with van der Waals surface area (Å²) in [6, 6.07) is 20.5. The molecule has 3 rings (SSSR count). The third kappa shape index (κ3) is 3.69. The first-order valence-electron chi connectivity index (χ1n) is 7.90. The van der Waals surface area contributed by atoms with E-state index in [2.05, 4.69) is 29.2 Å². The molecule has 1 aliphatic heterocycles. The van der Waals surface area contributed by atoms with Gasteiger partial charge in [0.2, 0.25) is 0 Å². The lowest BCUT2D eigenvalue weighted by Gasteiger charge is -2.30. The Morgan fingerprint density at radius 2 is 1.70 bits per heavy atom. The third-order valence-electron chi connectivity index (χ3n) is 4.23. The number of methoxy groups -OCH3 is 1. The van der Waals surface area contributed by atoms with Crippen LogP contribution in [0.1, 0.15) is 17.5 Å². The normalized spacial score (nSPS) is 15.5. The molecular formula is C20H21NO2. The molecule has 0 aromatic heterocycles. The van der Waals surface area contributed by atoms with Crippen LogP contribution in [-0.4, -0.2) is 31.1 Å². The number of nitrogens with zero attached hydrogens (tertiary/aromatic N) is 1. The summed E-state index contributed by atoms with van der Waals surface area (Å²) in [7, 11) is 1.45. The molecule has 23 heavy (non-hydrogen) atoms. The lowest BCUT2D eigenvalue weighted by atomic mass is 9.93. The minimum atomic E-state index is -0.221. The molecule has 2 aromatic carbocycles. The Morgan fingerprint density at radius 3 is 2.35 bits per heavy atom. The Morgan fingerprint density at radius 1 is 1.04 bits per heavy atom. The SMILES string of the molecule is COC(=O)C1=C(c2ccccc2)CCN(Cc2ccccc2)C1. The van der Waals surface area contributed by atoms with Gasteiger partial charge in [-0.05, 0) is 23.1 Å². The highest BCUT2D eigenvalue weighted by Crippen LogP contribution is 2.28. The molecule has 0 atom stereocenters. The molecular weight excluding hydrogens is 286 g/mol. The second-order valence-electron chi connectivity index (χ2n) is 5.76. The molecule has 0 unspecified atom stereocenters. The Kier molecular flexibility index (Phi) is 4.89. The largest absolute Gasteiger partial charge is 0.466 e. The van der Waals surface area contributed by atoms with Crippen molar-refractivity contribution in [1.82, 2.24) is 4.90 Å². The van der Waals surface area contributed by atoms with E-state index < -0.39 is 0 Å². The molecule has 0 radical (unpaired) electrons. The van der Waals surface area contributed by atoms with Crippen molar-refractivity contribution in [3.63, 3.8) is 0 Å². The monoisotopic (exact) mass is 307 g/mol. The highest BCUT2D eigenvalue weighted by molar-refractivity contribution is 5.98. The molecule has 1 heterocycles. The van der Waals surface area contributed by atoms with Gasteiger partial charge in [0.1, 0.15) is 0 Å². The molecule has 0 fully saturated rings. The molecule has 1 aliphatic rings. The lowest BCUT2D eigenvalue weighted by Crippen LogP contribution is -2.33. The van der Waals surface area contributed by atoms with Crippen LogP contribution in [0, 0.1) is 0 Å². The van der Waals surface area contributed by atoms with Gasteiger partial charge in [0.25, 0.3) is 0 Å². The number of carbonyl (C=O) groups excluding carboxylic acids is 1. The maximum Gasteiger partial charge on any atom is 0.335 e. The summed E-state index contributed by atoms with van der Waals surface area (Å²) >= 11 is 0. The molecule has 2 aromatic rings. The fourth-order valence-corrected chi connectivity index (χ4v) is 3.06. The van der Waals surface area contributed by atoms with Gasteiger partial charge < -0.3 is 4.74 Å². The lowest BCUT2D eigenvalue weighted by molar-refractivity contribution is -0.136. The average Bonchev–Trinajstić information content (AvgIpc) is 2.62. The fourth-order valence-electron chi connectivity index (χ4n) is 3.06. The number of benzene rings is 2. The topological polar surface area (TPSA) is 29.5 Å². The van der Waals surface area contributed by atoms with Crippen molar-refractivity contribution >= 4 is 11.5 Å². The molecule has 0 saturated heterocycles. The average molecular weight is 307 g/mol. The van der Waals surface area contributed by atoms with E-state index in [1.54, 1.807) is 0 Å². The summed E-state index contributed by atoms with van der Waals surface area (Å²) in [6.45, 7) is 2.43. The van der Waals surface area contributed by atoms with Gasteiger partial charge in [0.05, 0.1) is 12.7 Å². The Hall–Kier alpha value is -2.39. The first kappa shape index (κ1) is 15.5. The van der Waals surface area contributed by atoms with Crippen LogP contribution in [0.25, 0.3) is 5.57 Å². The van der Waals surface area contributed by atoms with Crippen molar-refractivity contribution in [3.8, 4) is 0 Å². The number of hydrogen-bond acceptors (Lipinski definition) is 3. The summed E-state index contributed by atoms with van der Waals surface area (Å²) in [5.41, 5.74) is 4.27. The molecule has 0 aliphatic carbocycles. The maximum absolute atomic E-state index is 12.2. The Labute approximate surface area is 137 Å². The van der Waals surface area contributed by atoms with E-state index in [9.17, 15) is 4.79 Å². The molecule has 3 heteroatoms. The first-order valence-corrected chi connectivity index (χ1v) is 7.90. The van der Waals surface area contributed by atoms with Crippen LogP contribution in [0.5, 0.6) is 0 Å². The number of ether oxygens (including phenoxy) is 1. The molecule has 118 valence electrons. The zero-order valence-corrected chi connectivity index (χ0v) is 13.4. The van der Waals surface area contributed by atoms with Gasteiger partial charge in [-0.15, -0.1) is 0 Å². The van der Waals surface area contributed by atoms with Gasteiger partial charge in [0.15, 0.2) is 0 Å². The van der Waals surface area contributed by atoms with Crippen molar-refractivity contribution < 1.29 is 9.53 Å². The summed E-state index contributed by atoms with van der Waals surface area (Å²) in [6.07, 6.45) is 0.862. The Bertz CT molecular complexity index is 692. The van der Waals surface area contributed by atoms with Crippen LogP contribution >= 0.6 is 0 Å². The highest BCUT2D eigenvalue weighted by Gasteiger charge is 2.25. The number of rotatable bonds is 4. The van der Waals surface area contributed by atoms with Gasteiger partial charge >= 0.3 is 5.97 Å². The van der Waals surface area contributed by atoms with Crippen molar-refractivity contribution in [2.45, 2.75) is 13.0 Å².